The first kappa shape index (κ1) is 19.0. The van der Waals surface area contributed by atoms with Gasteiger partial charge in [-0.05, 0) is 45.2 Å². The van der Waals surface area contributed by atoms with Crippen LogP contribution in [-0.2, 0) is 9.59 Å². The molecule has 1 saturated carbocycles. The molecule has 2 fully saturated rings. The molecule has 0 bridgehead atoms. The van der Waals surface area contributed by atoms with Gasteiger partial charge in [0.1, 0.15) is 12.2 Å². The Balaban J connectivity index is 1.64. The molecule has 0 aromatic heterocycles. The van der Waals surface area contributed by atoms with Crippen LogP contribution in [0.3, 0.4) is 0 Å². The van der Waals surface area contributed by atoms with Crippen LogP contribution < -0.4 is 4.90 Å². The molecule has 1 saturated heterocycles. The van der Waals surface area contributed by atoms with Gasteiger partial charge in [0.2, 0.25) is 11.8 Å². The van der Waals surface area contributed by atoms with Gasteiger partial charge in [-0.25, -0.2) is 0 Å². The zero-order valence-electron chi connectivity index (χ0n) is 16.8. The number of carbonyl (C=O) groups is 3. The Morgan fingerprint density at radius 3 is 2.61 bits per heavy atom. The van der Waals surface area contributed by atoms with Gasteiger partial charge >= 0.3 is 0 Å². The van der Waals surface area contributed by atoms with Crippen LogP contribution in [0.4, 0.5) is 5.69 Å². The number of para-hydroxylation sites is 1. The molecule has 2 aliphatic heterocycles. The molecule has 3 aliphatic rings. The number of benzene rings is 1. The summed E-state index contributed by atoms with van der Waals surface area (Å²) in [5.41, 5.74) is 0.397. The number of anilines is 1. The predicted octanol–water partition coefficient (Wildman–Crippen LogP) is 3.17. The van der Waals surface area contributed by atoms with Crippen molar-refractivity contribution in [1.82, 2.24) is 9.80 Å². The normalized spacial score (nSPS) is 24.9. The first-order valence-electron chi connectivity index (χ1n) is 10.5. The van der Waals surface area contributed by atoms with Gasteiger partial charge in [-0.15, -0.1) is 0 Å². The summed E-state index contributed by atoms with van der Waals surface area (Å²) in [4.78, 5) is 44.5. The summed E-state index contributed by atoms with van der Waals surface area (Å²) in [5.74, 6) is -0.153. The molecule has 1 aromatic rings. The number of likely N-dealkylation sites (N-methyl/N-ethyl adjacent to an activating group) is 1. The Bertz CT molecular complexity index is 802. The number of amides is 3. The molecule has 150 valence electrons. The van der Waals surface area contributed by atoms with Crippen LogP contribution in [-0.4, -0.2) is 52.3 Å². The highest BCUT2D eigenvalue weighted by Crippen LogP contribution is 2.44. The lowest BCUT2D eigenvalue weighted by Gasteiger charge is -2.49. The summed E-state index contributed by atoms with van der Waals surface area (Å²) in [7, 11) is 0. The van der Waals surface area contributed by atoms with Crippen molar-refractivity contribution < 1.29 is 14.4 Å². The second-order valence-corrected chi connectivity index (χ2v) is 8.33. The van der Waals surface area contributed by atoms with Gasteiger partial charge in [-0.2, -0.15) is 0 Å². The van der Waals surface area contributed by atoms with Crippen molar-refractivity contribution >= 4 is 23.4 Å². The summed E-state index contributed by atoms with van der Waals surface area (Å²) in [6.07, 6.45) is 6.57. The maximum absolute atomic E-state index is 13.3. The van der Waals surface area contributed by atoms with Gasteiger partial charge in [0.05, 0.1) is 11.3 Å². The molecule has 1 atom stereocenters. The highest BCUT2D eigenvalue weighted by atomic mass is 16.2. The first-order chi connectivity index (χ1) is 13.5. The van der Waals surface area contributed by atoms with E-state index in [4.69, 9.17) is 0 Å². The summed E-state index contributed by atoms with van der Waals surface area (Å²) >= 11 is 0. The summed E-state index contributed by atoms with van der Waals surface area (Å²) < 4.78 is 0. The topological polar surface area (TPSA) is 60.9 Å². The lowest BCUT2D eigenvalue weighted by atomic mass is 9.94. The Hall–Kier alpha value is -2.37. The van der Waals surface area contributed by atoms with Crippen molar-refractivity contribution in [2.75, 3.05) is 18.0 Å². The maximum atomic E-state index is 13.3. The highest BCUT2D eigenvalue weighted by Gasteiger charge is 2.53. The van der Waals surface area contributed by atoms with E-state index in [0.29, 0.717) is 30.6 Å². The molecule has 0 spiro atoms. The number of carbonyl (C=O) groups excluding carboxylic acids is 3. The summed E-state index contributed by atoms with van der Waals surface area (Å²) in [6.45, 7) is 4.60. The average molecular weight is 383 g/mol. The van der Waals surface area contributed by atoms with E-state index in [2.05, 4.69) is 0 Å². The van der Waals surface area contributed by atoms with E-state index in [-0.39, 0.29) is 30.3 Å². The summed E-state index contributed by atoms with van der Waals surface area (Å²) in [6, 6.07) is 7.50. The SMILES string of the molecule is CCN(C(=O)CN1C(=O)c2ccccc2N2C(=O)CCC12C)C1CCCCC1. The molecule has 28 heavy (non-hydrogen) atoms. The van der Waals surface area contributed by atoms with E-state index in [1.54, 1.807) is 21.9 Å². The van der Waals surface area contributed by atoms with Crippen LogP contribution in [0.5, 0.6) is 0 Å². The number of rotatable bonds is 4. The Labute approximate surface area is 166 Å². The first-order valence-corrected chi connectivity index (χ1v) is 10.5. The van der Waals surface area contributed by atoms with Crippen molar-refractivity contribution in [3.8, 4) is 0 Å². The average Bonchev–Trinajstić information content (AvgIpc) is 3.02. The standard InChI is InChI=1S/C22H29N3O3/c1-3-23(16-9-5-4-6-10-16)20(27)15-24-21(28)17-11-7-8-12-18(17)25-19(26)13-14-22(24,25)2/h7-8,11-12,16H,3-6,9-10,13-15H2,1-2H3. The molecule has 2 heterocycles. The van der Waals surface area contributed by atoms with Crippen molar-refractivity contribution in [2.45, 2.75) is 70.5 Å². The third-order valence-corrected chi connectivity index (χ3v) is 6.72. The molecule has 6 heteroatoms. The van der Waals surface area contributed by atoms with E-state index in [1.807, 2.05) is 30.9 Å². The minimum Gasteiger partial charge on any atom is -0.338 e. The maximum Gasteiger partial charge on any atom is 0.258 e. The molecular formula is C22H29N3O3. The smallest absolute Gasteiger partial charge is 0.258 e. The van der Waals surface area contributed by atoms with E-state index in [1.165, 1.54) is 6.42 Å². The van der Waals surface area contributed by atoms with E-state index >= 15 is 0 Å². The summed E-state index contributed by atoms with van der Waals surface area (Å²) in [5, 5.41) is 0. The lowest BCUT2D eigenvalue weighted by Crippen LogP contribution is -2.64. The Morgan fingerprint density at radius 2 is 1.89 bits per heavy atom. The third-order valence-electron chi connectivity index (χ3n) is 6.72. The van der Waals surface area contributed by atoms with Crippen LogP contribution >= 0.6 is 0 Å². The van der Waals surface area contributed by atoms with Crippen LogP contribution in [0.1, 0.15) is 69.2 Å². The van der Waals surface area contributed by atoms with Crippen molar-refractivity contribution in [3.63, 3.8) is 0 Å². The van der Waals surface area contributed by atoms with E-state index in [9.17, 15) is 14.4 Å². The highest BCUT2D eigenvalue weighted by molar-refractivity contribution is 6.11. The minimum absolute atomic E-state index is 0.0114. The molecule has 0 radical (unpaired) electrons. The molecular weight excluding hydrogens is 354 g/mol. The fraction of sp³-hybridized carbons (Fsp3) is 0.591. The van der Waals surface area contributed by atoms with Gasteiger partial charge in [0.25, 0.3) is 5.91 Å². The molecule has 1 aromatic carbocycles. The quantitative estimate of drug-likeness (QED) is 0.802. The monoisotopic (exact) mass is 383 g/mol. The van der Waals surface area contributed by atoms with Crippen molar-refractivity contribution in [3.05, 3.63) is 29.8 Å². The van der Waals surface area contributed by atoms with Crippen molar-refractivity contribution in [2.24, 2.45) is 0 Å². The van der Waals surface area contributed by atoms with Gasteiger partial charge in [-0.1, -0.05) is 31.4 Å². The molecule has 4 rings (SSSR count). The van der Waals surface area contributed by atoms with Crippen LogP contribution in [0.2, 0.25) is 0 Å². The van der Waals surface area contributed by atoms with Gasteiger partial charge in [0.15, 0.2) is 0 Å². The van der Waals surface area contributed by atoms with Crippen LogP contribution in [0, 0.1) is 0 Å². The van der Waals surface area contributed by atoms with Crippen LogP contribution in [0.25, 0.3) is 0 Å². The number of hydrogen-bond donors (Lipinski definition) is 0. The van der Waals surface area contributed by atoms with E-state index < -0.39 is 5.66 Å². The van der Waals surface area contributed by atoms with Crippen LogP contribution in [0.15, 0.2) is 24.3 Å². The van der Waals surface area contributed by atoms with Gasteiger partial charge < -0.3 is 9.80 Å². The molecule has 0 N–H and O–H groups in total. The minimum atomic E-state index is -0.774. The predicted molar refractivity (Wildman–Crippen MR) is 107 cm³/mol. The molecule has 1 unspecified atom stereocenters. The van der Waals surface area contributed by atoms with Gasteiger partial charge in [0, 0.05) is 19.0 Å². The number of hydrogen-bond acceptors (Lipinski definition) is 3. The fourth-order valence-electron chi connectivity index (χ4n) is 5.20. The van der Waals surface area contributed by atoms with E-state index in [0.717, 1.165) is 25.7 Å². The molecule has 6 nitrogen and oxygen atoms in total. The third kappa shape index (κ3) is 2.90. The zero-order valence-corrected chi connectivity index (χ0v) is 16.8. The van der Waals surface area contributed by atoms with Crippen molar-refractivity contribution in [1.29, 1.82) is 0 Å². The molecule has 1 aliphatic carbocycles. The fourth-order valence-corrected chi connectivity index (χ4v) is 5.20. The zero-order chi connectivity index (χ0) is 19.9. The number of nitrogens with zero attached hydrogens (tertiary/aromatic N) is 3. The molecule has 3 amide bonds. The largest absolute Gasteiger partial charge is 0.338 e. The number of fused-ring (bicyclic) bond motifs is 3. The van der Waals surface area contributed by atoms with Gasteiger partial charge in [-0.3, -0.25) is 19.3 Å². The Kier molecular flexibility index (Phi) is 4.89. The lowest BCUT2D eigenvalue weighted by molar-refractivity contribution is -0.136. The second-order valence-electron chi connectivity index (χ2n) is 8.33. The second kappa shape index (κ2) is 7.22. The Morgan fingerprint density at radius 1 is 1.18 bits per heavy atom.